The summed E-state index contributed by atoms with van der Waals surface area (Å²) < 4.78 is 2.59. The SMILES string of the molecule is C=C(CCCc1ccc(NCO)cc1)N1CCCC(c2c(C)c(/C=C\C)c(C)n2CCC)C1.C=CN.CC.CC.CCC.CCN. The summed E-state index contributed by atoms with van der Waals surface area (Å²) in [5.74, 6) is 0.575. The van der Waals surface area contributed by atoms with Crippen molar-refractivity contribution in [1.29, 1.82) is 0 Å². The zero-order chi connectivity index (χ0) is 35.9. The molecule has 3 rings (SSSR count). The molecule has 6 nitrogen and oxygen atoms in total. The van der Waals surface area contributed by atoms with Crippen LogP contribution in [0.4, 0.5) is 5.69 Å². The first-order valence-electron chi connectivity index (χ1n) is 18.0. The first kappa shape index (κ1) is 47.4. The molecule has 1 saturated heterocycles. The number of piperidine rings is 1. The van der Waals surface area contributed by atoms with Crippen molar-refractivity contribution in [2.75, 3.05) is 31.7 Å². The fourth-order valence-corrected chi connectivity index (χ4v) is 5.41. The van der Waals surface area contributed by atoms with E-state index in [4.69, 9.17) is 10.8 Å². The first-order chi connectivity index (χ1) is 22.2. The minimum atomic E-state index is -0.0329. The van der Waals surface area contributed by atoms with Gasteiger partial charge in [0.25, 0.3) is 0 Å². The van der Waals surface area contributed by atoms with E-state index in [2.05, 4.69) is 99.5 Å². The Labute approximate surface area is 286 Å². The van der Waals surface area contributed by atoms with Crippen molar-refractivity contribution in [3.63, 3.8) is 0 Å². The number of allylic oxidation sites excluding steroid dienone is 2. The number of nitrogens with zero attached hydrogens (tertiary/aromatic N) is 2. The average Bonchev–Trinajstić information content (AvgIpc) is 3.29. The van der Waals surface area contributed by atoms with Crippen LogP contribution in [-0.4, -0.2) is 40.9 Å². The lowest BCUT2D eigenvalue weighted by molar-refractivity contribution is 0.245. The van der Waals surface area contributed by atoms with Crippen molar-refractivity contribution < 1.29 is 5.11 Å². The van der Waals surface area contributed by atoms with Gasteiger partial charge in [0.2, 0.25) is 0 Å². The van der Waals surface area contributed by atoms with Crippen LogP contribution in [0.2, 0.25) is 0 Å². The van der Waals surface area contributed by atoms with E-state index in [1.165, 1.54) is 53.5 Å². The monoisotopic (exact) mass is 642 g/mol. The standard InChI is InChI=1S/C29H43N3O.C3H8.C2H7N.C2H5N.2C2H6/c1-6-10-28-23(4)29(32(18-7-2)24(28)5)26-13-9-19-31(20-26)22(3)11-8-12-25-14-16-27(17-15-25)30-21-33;1-3-2;2*1-2-3;2*1-2/h6,10,14-17,26,30,33H,3,7-9,11-13,18-21H2,1-2,4-5H3;3H2,1-2H3;2-3H2,1H3;2H,1,3H2;2*1-2H3/b10-6-;;;;;. The number of aryl methyl sites for hydroxylation is 1. The first-order valence-corrected chi connectivity index (χ1v) is 18.0. The van der Waals surface area contributed by atoms with Crippen LogP contribution < -0.4 is 16.8 Å². The Hall–Kier alpha value is -2.96. The quantitative estimate of drug-likeness (QED) is 0.183. The molecule has 0 spiro atoms. The number of nitrogens with two attached hydrogens (primary N) is 2. The predicted octanol–water partition coefficient (Wildman–Crippen LogP) is 10.1. The molecule has 1 aromatic carbocycles. The molecule has 266 valence electrons. The van der Waals surface area contributed by atoms with Gasteiger partial charge in [-0.05, 0) is 101 Å². The van der Waals surface area contributed by atoms with Crippen molar-refractivity contribution >= 4 is 11.8 Å². The molecule has 0 bridgehead atoms. The van der Waals surface area contributed by atoms with E-state index < -0.39 is 0 Å². The van der Waals surface area contributed by atoms with Gasteiger partial charge in [-0.15, -0.1) is 0 Å². The van der Waals surface area contributed by atoms with Crippen LogP contribution in [0.25, 0.3) is 6.08 Å². The van der Waals surface area contributed by atoms with Gasteiger partial charge in [-0.1, -0.05) is 99.3 Å². The lowest BCUT2D eigenvalue weighted by atomic mass is 9.91. The molecule has 1 atom stereocenters. The zero-order valence-corrected chi connectivity index (χ0v) is 32.0. The van der Waals surface area contributed by atoms with E-state index in [1.54, 1.807) is 5.69 Å². The Morgan fingerprint density at radius 1 is 1.07 bits per heavy atom. The predicted molar refractivity (Wildman–Crippen MR) is 209 cm³/mol. The number of aliphatic hydroxyl groups excluding tert-OH is 1. The largest absolute Gasteiger partial charge is 0.405 e. The Kier molecular flexibility index (Phi) is 33.0. The van der Waals surface area contributed by atoms with Crippen LogP contribution in [0.5, 0.6) is 0 Å². The molecule has 0 amide bonds. The number of hydrogen-bond acceptors (Lipinski definition) is 5. The highest BCUT2D eigenvalue weighted by Crippen LogP contribution is 2.36. The van der Waals surface area contributed by atoms with Gasteiger partial charge in [-0.3, -0.25) is 0 Å². The maximum absolute atomic E-state index is 8.97. The number of nitrogens with one attached hydrogen (secondary N) is 1. The fourth-order valence-electron chi connectivity index (χ4n) is 5.41. The molecule has 6 heteroatoms. The summed E-state index contributed by atoms with van der Waals surface area (Å²) >= 11 is 0. The zero-order valence-electron chi connectivity index (χ0n) is 32.0. The summed E-state index contributed by atoms with van der Waals surface area (Å²) in [4.78, 5) is 2.55. The Balaban J connectivity index is -0.00000124. The summed E-state index contributed by atoms with van der Waals surface area (Å²) in [5.41, 5.74) is 18.9. The highest BCUT2D eigenvalue weighted by Gasteiger charge is 2.28. The highest BCUT2D eigenvalue weighted by atomic mass is 16.3. The van der Waals surface area contributed by atoms with E-state index >= 15 is 0 Å². The molecule has 46 heavy (non-hydrogen) atoms. The van der Waals surface area contributed by atoms with Gasteiger partial charge < -0.3 is 31.4 Å². The lowest BCUT2D eigenvalue weighted by Crippen LogP contribution is -2.34. The van der Waals surface area contributed by atoms with Crippen molar-refractivity contribution in [1.82, 2.24) is 9.47 Å². The number of benzene rings is 1. The number of aliphatic hydroxyl groups is 1. The lowest BCUT2D eigenvalue weighted by Gasteiger charge is -2.36. The molecule has 2 heterocycles. The second kappa shape index (κ2) is 32.0. The molecule has 0 saturated carbocycles. The second-order valence-corrected chi connectivity index (χ2v) is 10.7. The Morgan fingerprint density at radius 2 is 1.61 bits per heavy atom. The molecule has 1 unspecified atom stereocenters. The Morgan fingerprint density at radius 3 is 2.09 bits per heavy atom. The normalized spacial score (nSPS) is 13.2. The smallest absolute Gasteiger partial charge is 0.113 e. The van der Waals surface area contributed by atoms with Gasteiger partial charge in [0.05, 0.1) is 0 Å². The van der Waals surface area contributed by atoms with Gasteiger partial charge >= 0.3 is 0 Å². The summed E-state index contributed by atoms with van der Waals surface area (Å²) in [5, 5.41) is 11.9. The van der Waals surface area contributed by atoms with Crippen molar-refractivity contribution in [3.05, 3.63) is 83.5 Å². The van der Waals surface area contributed by atoms with Crippen molar-refractivity contribution in [2.24, 2.45) is 11.5 Å². The summed E-state index contributed by atoms with van der Waals surface area (Å²) in [7, 11) is 0. The third-order valence-corrected chi connectivity index (χ3v) is 7.08. The van der Waals surface area contributed by atoms with E-state index in [-0.39, 0.29) is 6.73 Å². The molecule has 2 aromatic rings. The third kappa shape index (κ3) is 18.3. The van der Waals surface area contributed by atoms with E-state index in [0.717, 1.165) is 57.5 Å². The molecule has 0 aliphatic carbocycles. The maximum Gasteiger partial charge on any atom is 0.113 e. The topological polar surface area (TPSA) is 92.5 Å². The van der Waals surface area contributed by atoms with E-state index in [9.17, 15) is 0 Å². The molecule has 6 N–H and O–H groups in total. The Bertz CT molecular complexity index is 1020. The maximum atomic E-state index is 8.97. The van der Waals surface area contributed by atoms with Crippen LogP contribution in [-0.2, 0) is 13.0 Å². The second-order valence-electron chi connectivity index (χ2n) is 10.7. The molecule has 1 aliphatic heterocycles. The molecule has 1 fully saturated rings. The van der Waals surface area contributed by atoms with Gasteiger partial charge in [-0.2, -0.15) is 0 Å². The summed E-state index contributed by atoms with van der Waals surface area (Å²) in [6, 6.07) is 8.36. The number of hydrogen-bond donors (Lipinski definition) is 4. The minimum Gasteiger partial charge on any atom is -0.405 e. The van der Waals surface area contributed by atoms with Crippen LogP contribution >= 0.6 is 0 Å². The molecule has 0 radical (unpaired) electrons. The van der Waals surface area contributed by atoms with Crippen LogP contribution in [0.1, 0.15) is 135 Å². The van der Waals surface area contributed by atoms with Crippen molar-refractivity contribution in [2.45, 2.75) is 134 Å². The average molecular weight is 642 g/mol. The highest BCUT2D eigenvalue weighted by molar-refractivity contribution is 5.59. The van der Waals surface area contributed by atoms with E-state index in [1.807, 2.05) is 46.8 Å². The molecular formula is C40H75N5O. The van der Waals surface area contributed by atoms with Gasteiger partial charge in [0, 0.05) is 48.3 Å². The number of rotatable bonds is 11. The van der Waals surface area contributed by atoms with Crippen LogP contribution in [0.15, 0.2) is 55.4 Å². The molecule has 1 aliphatic rings. The molecular weight excluding hydrogens is 566 g/mol. The number of anilines is 1. The van der Waals surface area contributed by atoms with Gasteiger partial charge in [0.1, 0.15) is 6.73 Å². The van der Waals surface area contributed by atoms with Gasteiger partial charge in [-0.25, -0.2) is 0 Å². The van der Waals surface area contributed by atoms with Crippen LogP contribution in [0.3, 0.4) is 0 Å². The third-order valence-electron chi connectivity index (χ3n) is 7.08. The number of aromatic nitrogens is 1. The van der Waals surface area contributed by atoms with Crippen molar-refractivity contribution in [3.8, 4) is 0 Å². The van der Waals surface area contributed by atoms with Crippen LogP contribution in [0, 0.1) is 13.8 Å². The number of likely N-dealkylation sites (tertiary alicyclic amines) is 1. The minimum absolute atomic E-state index is 0.0329. The fraction of sp³-hybridized carbons (Fsp3) is 0.600. The summed E-state index contributed by atoms with van der Waals surface area (Å²) in [6.07, 6.45) is 13.8. The summed E-state index contributed by atoms with van der Waals surface area (Å²) in [6.45, 7) is 34.8. The molecule has 1 aromatic heterocycles. The van der Waals surface area contributed by atoms with E-state index in [0.29, 0.717) is 5.92 Å². The van der Waals surface area contributed by atoms with Gasteiger partial charge in [0.15, 0.2) is 0 Å².